The van der Waals surface area contributed by atoms with Gasteiger partial charge >= 0.3 is 0 Å². The van der Waals surface area contributed by atoms with Gasteiger partial charge in [-0.3, -0.25) is 4.98 Å². The largest absolute Gasteiger partial charge is 0.351 e. The Bertz CT molecular complexity index is 700. The number of nitrogens with zero attached hydrogens (tertiary/aromatic N) is 3. The molecule has 0 atom stereocenters. The van der Waals surface area contributed by atoms with Crippen molar-refractivity contribution in [2.75, 3.05) is 0 Å². The molecule has 1 aromatic carbocycles. The zero-order chi connectivity index (χ0) is 12.5. The molecule has 0 unspecified atom stereocenters. The lowest BCUT2D eigenvalue weighted by molar-refractivity contribution is 0.966. The summed E-state index contributed by atoms with van der Waals surface area (Å²) in [6.45, 7) is 0.411. The summed E-state index contributed by atoms with van der Waals surface area (Å²) >= 11 is 0. The van der Waals surface area contributed by atoms with Gasteiger partial charge in [0.25, 0.3) is 0 Å². The maximum absolute atomic E-state index is 5.58. The number of hydrogen-bond donors (Lipinski definition) is 1. The van der Waals surface area contributed by atoms with Crippen LogP contribution in [0, 0.1) is 0 Å². The summed E-state index contributed by atoms with van der Waals surface area (Å²) in [4.78, 5) is 8.65. The van der Waals surface area contributed by atoms with Crippen molar-refractivity contribution in [3.63, 3.8) is 0 Å². The minimum atomic E-state index is 0.411. The van der Waals surface area contributed by atoms with Gasteiger partial charge in [-0.05, 0) is 18.2 Å². The summed E-state index contributed by atoms with van der Waals surface area (Å²) in [6.07, 6.45) is 5.52. The van der Waals surface area contributed by atoms with Crippen molar-refractivity contribution in [2.45, 2.75) is 6.54 Å². The predicted octanol–water partition coefficient (Wildman–Crippen LogP) is 2.09. The van der Waals surface area contributed by atoms with E-state index in [1.807, 2.05) is 7.05 Å². The second-order valence-corrected chi connectivity index (χ2v) is 4.30. The van der Waals surface area contributed by atoms with Crippen LogP contribution in [0.4, 0.5) is 0 Å². The first-order valence-corrected chi connectivity index (χ1v) is 5.84. The second kappa shape index (κ2) is 4.23. The van der Waals surface area contributed by atoms with Crippen molar-refractivity contribution in [1.29, 1.82) is 0 Å². The van der Waals surface area contributed by atoms with Gasteiger partial charge in [0.1, 0.15) is 0 Å². The summed E-state index contributed by atoms with van der Waals surface area (Å²) in [5, 5.41) is 1.20. The first kappa shape index (κ1) is 10.9. The molecule has 4 nitrogen and oxygen atoms in total. The number of aryl methyl sites for hydroxylation is 1. The van der Waals surface area contributed by atoms with Crippen LogP contribution in [0.3, 0.4) is 0 Å². The number of hydrogen-bond acceptors (Lipinski definition) is 3. The zero-order valence-electron chi connectivity index (χ0n) is 10.2. The highest BCUT2D eigenvalue weighted by Crippen LogP contribution is 2.23. The molecular weight excluding hydrogens is 224 g/mol. The Morgan fingerprint density at radius 1 is 1.22 bits per heavy atom. The van der Waals surface area contributed by atoms with Gasteiger partial charge in [-0.15, -0.1) is 0 Å². The maximum atomic E-state index is 5.58. The molecular formula is C14H14N4. The minimum absolute atomic E-state index is 0.411. The van der Waals surface area contributed by atoms with Crippen LogP contribution in [0.1, 0.15) is 5.69 Å². The Labute approximate surface area is 105 Å². The highest BCUT2D eigenvalue weighted by Gasteiger charge is 2.04. The molecule has 18 heavy (non-hydrogen) atoms. The lowest BCUT2D eigenvalue weighted by Gasteiger charge is -2.03. The first-order chi connectivity index (χ1) is 8.78. The fourth-order valence-corrected chi connectivity index (χ4v) is 2.08. The number of aromatic nitrogens is 3. The van der Waals surface area contributed by atoms with E-state index in [4.69, 9.17) is 5.73 Å². The van der Waals surface area contributed by atoms with Gasteiger partial charge in [0.15, 0.2) is 0 Å². The van der Waals surface area contributed by atoms with E-state index >= 15 is 0 Å². The van der Waals surface area contributed by atoms with E-state index in [9.17, 15) is 0 Å². The Morgan fingerprint density at radius 2 is 2.11 bits per heavy atom. The summed E-state index contributed by atoms with van der Waals surface area (Å²) in [5.74, 6) is 0. The van der Waals surface area contributed by atoms with Crippen LogP contribution in [0.15, 0.2) is 42.9 Å². The van der Waals surface area contributed by atoms with Gasteiger partial charge in [0.05, 0.1) is 17.6 Å². The molecule has 2 aromatic heterocycles. The van der Waals surface area contributed by atoms with E-state index in [0.29, 0.717) is 6.54 Å². The molecule has 0 spiro atoms. The van der Waals surface area contributed by atoms with E-state index in [-0.39, 0.29) is 0 Å². The topological polar surface area (TPSA) is 56.7 Å². The molecule has 0 saturated heterocycles. The molecule has 90 valence electrons. The molecule has 0 radical (unpaired) electrons. The van der Waals surface area contributed by atoms with Crippen LogP contribution in [0.2, 0.25) is 0 Å². The Morgan fingerprint density at radius 3 is 2.94 bits per heavy atom. The maximum Gasteiger partial charge on any atom is 0.0889 e. The molecule has 4 heteroatoms. The zero-order valence-corrected chi connectivity index (χ0v) is 10.2. The third-order valence-corrected chi connectivity index (χ3v) is 3.07. The highest BCUT2D eigenvalue weighted by atomic mass is 14.9. The molecule has 0 fully saturated rings. The molecule has 0 saturated carbocycles. The van der Waals surface area contributed by atoms with Crippen LogP contribution in [-0.2, 0) is 13.6 Å². The van der Waals surface area contributed by atoms with Crippen LogP contribution >= 0.6 is 0 Å². The van der Waals surface area contributed by atoms with Gasteiger partial charge in [0, 0.05) is 42.5 Å². The average Bonchev–Trinajstić information content (AvgIpc) is 2.80. The molecule has 0 aliphatic carbocycles. The van der Waals surface area contributed by atoms with Gasteiger partial charge in [-0.1, -0.05) is 6.07 Å². The standard InChI is InChI=1S/C14H14N4/c1-18-5-4-11-6-10(2-3-14(11)18)13-9-16-8-12(7-15)17-13/h2-6,8-9H,7,15H2,1H3. The van der Waals surface area contributed by atoms with Gasteiger partial charge in [0.2, 0.25) is 0 Å². The molecule has 0 aliphatic rings. The molecule has 0 amide bonds. The number of benzene rings is 1. The van der Waals surface area contributed by atoms with Crippen LogP contribution in [0.25, 0.3) is 22.2 Å². The van der Waals surface area contributed by atoms with Crippen molar-refractivity contribution in [3.05, 3.63) is 48.5 Å². The molecule has 3 aromatic rings. The lowest BCUT2D eigenvalue weighted by Crippen LogP contribution is -2.01. The van der Waals surface area contributed by atoms with Crippen molar-refractivity contribution in [1.82, 2.24) is 14.5 Å². The minimum Gasteiger partial charge on any atom is -0.351 e. The SMILES string of the molecule is Cn1ccc2cc(-c3cncc(CN)n3)ccc21. The average molecular weight is 238 g/mol. The third-order valence-electron chi connectivity index (χ3n) is 3.07. The van der Waals surface area contributed by atoms with Crippen molar-refractivity contribution in [2.24, 2.45) is 12.8 Å². The third kappa shape index (κ3) is 1.76. The smallest absolute Gasteiger partial charge is 0.0889 e. The summed E-state index contributed by atoms with van der Waals surface area (Å²) in [5.41, 5.74) is 9.53. The van der Waals surface area contributed by atoms with Crippen LogP contribution in [-0.4, -0.2) is 14.5 Å². The van der Waals surface area contributed by atoms with Crippen molar-refractivity contribution < 1.29 is 0 Å². The molecule has 2 N–H and O–H groups in total. The fourth-order valence-electron chi connectivity index (χ4n) is 2.08. The number of rotatable bonds is 2. The Kier molecular flexibility index (Phi) is 2.57. The number of nitrogens with two attached hydrogens (primary N) is 1. The summed E-state index contributed by atoms with van der Waals surface area (Å²) < 4.78 is 2.10. The molecule has 0 bridgehead atoms. The van der Waals surface area contributed by atoms with Gasteiger partial charge in [-0.25, -0.2) is 4.98 Å². The number of fused-ring (bicyclic) bond motifs is 1. The van der Waals surface area contributed by atoms with E-state index in [1.165, 1.54) is 10.9 Å². The molecule has 0 aliphatic heterocycles. The van der Waals surface area contributed by atoms with E-state index in [2.05, 4.69) is 45.0 Å². The van der Waals surface area contributed by atoms with E-state index < -0.39 is 0 Å². The van der Waals surface area contributed by atoms with Gasteiger partial charge in [-0.2, -0.15) is 0 Å². The molecule has 2 heterocycles. The normalized spacial score (nSPS) is 11.0. The van der Waals surface area contributed by atoms with Crippen LogP contribution < -0.4 is 5.73 Å². The fraction of sp³-hybridized carbons (Fsp3) is 0.143. The predicted molar refractivity (Wildman–Crippen MR) is 71.8 cm³/mol. The Hall–Kier alpha value is -2.20. The highest BCUT2D eigenvalue weighted by molar-refractivity contribution is 5.84. The monoisotopic (exact) mass is 238 g/mol. The first-order valence-electron chi connectivity index (χ1n) is 5.84. The van der Waals surface area contributed by atoms with Crippen molar-refractivity contribution in [3.8, 4) is 11.3 Å². The second-order valence-electron chi connectivity index (χ2n) is 4.30. The van der Waals surface area contributed by atoms with E-state index in [0.717, 1.165) is 17.0 Å². The Balaban J connectivity index is 2.13. The quantitative estimate of drug-likeness (QED) is 0.743. The summed E-state index contributed by atoms with van der Waals surface area (Å²) in [7, 11) is 2.04. The van der Waals surface area contributed by atoms with Gasteiger partial charge < -0.3 is 10.3 Å². The van der Waals surface area contributed by atoms with Crippen molar-refractivity contribution >= 4 is 10.9 Å². The lowest BCUT2D eigenvalue weighted by atomic mass is 10.1. The molecule has 3 rings (SSSR count). The van der Waals surface area contributed by atoms with Crippen LogP contribution in [0.5, 0.6) is 0 Å². The summed E-state index contributed by atoms with van der Waals surface area (Å²) in [6, 6.07) is 8.38. The van der Waals surface area contributed by atoms with E-state index in [1.54, 1.807) is 12.4 Å².